The topological polar surface area (TPSA) is 88.3 Å². The van der Waals surface area contributed by atoms with E-state index in [-0.39, 0.29) is 23.7 Å². The van der Waals surface area contributed by atoms with Crippen LogP contribution in [0.25, 0.3) is 22.6 Å². The highest BCUT2D eigenvalue weighted by atomic mass is 16.3. The molecular weight excluding hydrogens is 452 g/mol. The monoisotopic (exact) mass is 482 g/mol. The van der Waals surface area contributed by atoms with E-state index in [2.05, 4.69) is 15.3 Å². The molecule has 1 fully saturated rings. The second-order valence-corrected chi connectivity index (χ2v) is 9.52. The summed E-state index contributed by atoms with van der Waals surface area (Å²) in [6, 6.07) is 19.1. The number of amides is 2. The van der Waals surface area contributed by atoms with E-state index in [1.807, 2.05) is 67.3 Å². The Balaban J connectivity index is 1.18. The molecule has 0 aliphatic carbocycles. The number of oxazole rings is 1. The molecule has 0 spiro atoms. The number of likely N-dealkylation sites (tertiary alicyclic amines) is 1. The third kappa shape index (κ3) is 5.15. The first-order valence-corrected chi connectivity index (χ1v) is 12.4. The first kappa shape index (κ1) is 23.7. The number of fused-ring (bicyclic) bond motifs is 1. The highest BCUT2D eigenvalue weighted by Crippen LogP contribution is 2.28. The molecule has 1 aliphatic rings. The zero-order valence-electron chi connectivity index (χ0n) is 20.6. The Hall–Kier alpha value is -4.00. The van der Waals surface area contributed by atoms with Gasteiger partial charge in [-0.05, 0) is 68.1 Å². The third-order valence-corrected chi connectivity index (χ3v) is 7.05. The largest absolute Gasteiger partial charge is 0.436 e. The molecule has 7 nitrogen and oxygen atoms in total. The van der Waals surface area contributed by atoms with Gasteiger partial charge in [0, 0.05) is 36.3 Å². The van der Waals surface area contributed by atoms with Crippen LogP contribution in [-0.2, 0) is 11.3 Å². The molecule has 1 aliphatic heterocycles. The SMILES string of the molecule is Cc1ccc(-c2nc3cc(C(=O)N4CCC(C(C)C(=O)NCc5ccccn5)CC4)ccc3o2)cc1. The van der Waals surface area contributed by atoms with Gasteiger partial charge in [-0.2, -0.15) is 0 Å². The Morgan fingerprint density at radius 3 is 2.58 bits per heavy atom. The van der Waals surface area contributed by atoms with Crippen LogP contribution in [0.15, 0.2) is 71.3 Å². The lowest BCUT2D eigenvalue weighted by molar-refractivity contribution is -0.126. The average Bonchev–Trinajstić information content (AvgIpc) is 3.35. The summed E-state index contributed by atoms with van der Waals surface area (Å²) in [6.07, 6.45) is 3.32. The molecule has 1 atom stereocenters. The molecule has 1 unspecified atom stereocenters. The molecule has 0 bridgehead atoms. The molecule has 36 heavy (non-hydrogen) atoms. The number of carbonyl (C=O) groups excluding carboxylic acids is 2. The molecule has 0 radical (unpaired) electrons. The normalized spacial score (nSPS) is 15.1. The van der Waals surface area contributed by atoms with Crippen molar-refractivity contribution in [2.75, 3.05) is 13.1 Å². The van der Waals surface area contributed by atoms with Crippen LogP contribution >= 0.6 is 0 Å². The van der Waals surface area contributed by atoms with E-state index in [0.717, 1.165) is 24.1 Å². The lowest BCUT2D eigenvalue weighted by atomic mass is 9.84. The third-order valence-electron chi connectivity index (χ3n) is 7.05. The number of aryl methyl sites for hydroxylation is 1. The van der Waals surface area contributed by atoms with Crippen molar-refractivity contribution in [3.05, 3.63) is 83.7 Å². The zero-order chi connectivity index (χ0) is 25.1. The summed E-state index contributed by atoms with van der Waals surface area (Å²) >= 11 is 0. The number of hydrogen-bond donors (Lipinski definition) is 1. The average molecular weight is 483 g/mol. The van der Waals surface area contributed by atoms with Crippen molar-refractivity contribution < 1.29 is 14.0 Å². The predicted molar refractivity (Wildman–Crippen MR) is 138 cm³/mol. The number of benzene rings is 2. The first-order valence-electron chi connectivity index (χ1n) is 12.4. The Labute approximate surface area is 210 Å². The number of rotatable bonds is 6. The van der Waals surface area contributed by atoms with Gasteiger partial charge >= 0.3 is 0 Å². The van der Waals surface area contributed by atoms with Crippen LogP contribution < -0.4 is 5.32 Å². The number of pyridine rings is 1. The highest BCUT2D eigenvalue weighted by molar-refractivity contribution is 5.97. The lowest BCUT2D eigenvalue weighted by Gasteiger charge is -2.34. The molecule has 2 aromatic heterocycles. The molecule has 7 heteroatoms. The quantitative estimate of drug-likeness (QED) is 0.418. The maximum absolute atomic E-state index is 13.2. The standard InChI is InChI=1S/C29H30N4O3/c1-19-6-8-22(9-7-19)28-32-25-17-23(10-11-26(25)36-28)29(35)33-15-12-21(13-16-33)20(2)27(34)31-18-24-5-3-4-14-30-24/h3-11,14,17,20-21H,12-13,15-16,18H2,1-2H3,(H,31,34). The molecule has 5 rings (SSSR count). The van der Waals surface area contributed by atoms with E-state index in [4.69, 9.17) is 4.42 Å². The molecule has 0 saturated carbocycles. The molecule has 1 saturated heterocycles. The van der Waals surface area contributed by atoms with Gasteiger partial charge in [0.2, 0.25) is 11.8 Å². The lowest BCUT2D eigenvalue weighted by Crippen LogP contribution is -2.42. The van der Waals surface area contributed by atoms with Gasteiger partial charge in [-0.1, -0.05) is 30.7 Å². The van der Waals surface area contributed by atoms with E-state index < -0.39 is 0 Å². The molecule has 2 amide bonds. The van der Waals surface area contributed by atoms with Crippen LogP contribution in [0, 0.1) is 18.8 Å². The second kappa shape index (κ2) is 10.3. The van der Waals surface area contributed by atoms with Gasteiger partial charge in [0.05, 0.1) is 12.2 Å². The summed E-state index contributed by atoms with van der Waals surface area (Å²) in [4.78, 5) is 36.6. The van der Waals surface area contributed by atoms with Crippen molar-refractivity contribution in [2.45, 2.75) is 33.2 Å². The summed E-state index contributed by atoms with van der Waals surface area (Å²) in [7, 11) is 0. The fraction of sp³-hybridized carbons (Fsp3) is 0.310. The van der Waals surface area contributed by atoms with E-state index in [1.54, 1.807) is 18.3 Å². The summed E-state index contributed by atoms with van der Waals surface area (Å²) in [5.41, 5.74) is 4.85. The summed E-state index contributed by atoms with van der Waals surface area (Å²) < 4.78 is 5.91. The van der Waals surface area contributed by atoms with Crippen LogP contribution in [0.5, 0.6) is 0 Å². The molecule has 2 aromatic carbocycles. The van der Waals surface area contributed by atoms with Gasteiger partial charge in [-0.25, -0.2) is 4.98 Å². The van der Waals surface area contributed by atoms with Gasteiger partial charge in [0.1, 0.15) is 5.52 Å². The minimum absolute atomic E-state index is 0.0116. The number of carbonyl (C=O) groups is 2. The van der Waals surface area contributed by atoms with Crippen molar-refractivity contribution in [1.29, 1.82) is 0 Å². The number of hydrogen-bond acceptors (Lipinski definition) is 5. The van der Waals surface area contributed by atoms with Crippen molar-refractivity contribution in [3.63, 3.8) is 0 Å². The van der Waals surface area contributed by atoms with Gasteiger partial charge in [0.15, 0.2) is 5.58 Å². The van der Waals surface area contributed by atoms with Gasteiger partial charge in [-0.15, -0.1) is 0 Å². The van der Waals surface area contributed by atoms with Crippen LogP contribution in [0.4, 0.5) is 0 Å². The van der Waals surface area contributed by atoms with Crippen molar-refractivity contribution in [3.8, 4) is 11.5 Å². The van der Waals surface area contributed by atoms with Crippen molar-refractivity contribution >= 4 is 22.9 Å². The van der Waals surface area contributed by atoms with Crippen LogP contribution in [-0.4, -0.2) is 39.8 Å². The molecular formula is C29H30N4O3. The number of nitrogens with one attached hydrogen (secondary N) is 1. The minimum Gasteiger partial charge on any atom is -0.436 e. The predicted octanol–water partition coefficient (Wildman–Crippen LogP) is 5.00. The summed E-state index contributed by atoms with van der Waals surface area (Å²) in [5.74, 6) is 0.699. The second-order valence-electron chi connectivity index (χ2n) is 9.52. The van der Waals surface area contributed by atoms with Crippen LogP contribution in [0.2, 0.25) is 0 Å². The smallest absolute Gasteiger partial charge is 0.253 e. The van der Waals surface area contributed by atoms with Gasteiger partial charge < -0.3 is 14.6 Å². The molecule has 4 aromatic rings. The minimum atomic E-state index is -0.113. The first-order chi connectivity index (χ1) is 17.5. The Morgan fingerprint density at radius 2 is 1.86 bits per heavy atom. The molecule has 1 N–H and O–H groups in total. The van der Waals surface area contributed by atoms with E-state index in [9.17, 15) is 9.59 Å². The Morgan fingerprint density at radius 1 is 1.08 bits per heavy atom. The maximum atomic E-state index is 13.2. The van der Waals surface area contributed by atoms with Gasteiger partial charge in [0.25, 0.3) is 5.91 Å². The Bertz CT molecular complexity index is 1360. The number of piperidine rings is 1. The van der Waals surface area contributed by atoms with E-state index >= 15 is 0 Å². The van der Waals surface area contributed by atoms with E-state index in [0.29, 0.717) is 42.2 Å². The van der Waals surface area contributed by atoms with Crippen molar-refractivity contribution in [1.82, 2.24) is 20.2 Å². The van der Waals surface area contributed by atoms with Crippen molar-refractivity contribution in [2.24, 2.45) is 11.8 Å². The molecule has 3 heterocycles. The van der Waals surface area contributed by atoms with Gasteiger partial charge in [-0.3, -0.25) is 14.6 Å². The maximum Gasteiger partial charge on any atom is 0.253 e. The number of aromatic nitrogens is 2. The highest BCUT2D eigenvalue weighted by Gasteiger charge is 2.30. The molecule has 184 valence electrons. The Kier molecular flexibility index (Phi) is 6.80. The number of nitrogens with zero attached hydrogens (tertiary/aromatic N) is 3. The fourth-order valence-corrected chi connectivity index (χ4v) is 4.72. The van der Waals surface area contributed by atoms with Crippen LogP contribution in [0.3, 0.4) is 0 Å². The summed E-state index contributed by atoms with van der Waals surface area (Å²) in [5, 5.41) is 2.99. The fourth-order valence-electron chi connectivity index (χ4n) is 4.72. The summed E-state index contributed by atoms with van der Waals surface area (Å²) in [6.45, 7) is 5.70. The zero-order valence-corrected chi connectivity index (χ0v) is 20.6. The van der Waals surface area contributed by atoms with Crippen LogP contribution in [0.1, 0.15) is 41.4 Å². The van der Waals surface area contributed by atoms with E-state index in [1.165, 1.54) is 5.56 Å².